The van der Waals surface area contributed by atoms with E-state index in [1.165, 1.54) is 4.90 Å². The molecule has 1 aliphatic heterocycles. The summed E-state index contributed by atoms with van der Waals surface area (Å²) in [5.41, 5.74) is 0.316. The lowest BCUT2D eigenvalue weighted by Crippen LogP contribution is -2.30. The quantitative estimate of drug-likeness (QED) is 0.396. The number of ether oxygens (including phenoxy) is 2. The van der Waals surface area contributed by atoms with E-state index in [1.54, 1.807) is 37.3 Å². The fourth-order valence-corrected chi connectivity index (χ4v) is 3.62. The second-order valence-electron chi connectivity index (χ2n) is 6.96. The van der Waals surface area contributed by atoms with Gasteiger partial charge >= 0.3 is 0 Å². The third-order valence-electron chi connectivity index (χ3n) is 4.85. The number of carbonyl (C=O) groups excluding carboxylic acids is 2. The minimum atomic E-state index is -0.792. The lowest BCUT2D eigenvalue weighted by Gasteiger charge is -2.23. The number of aryl methyl sites for hydroxylation is 1. The number of amides is 1. The van der Waals surface area contributed by atoms with E-state index < -0.39 is 17.7 Å². The molecule has 7 heteroatoms. The molecular weight excluding hydrogens is 386 g/mol. The topological polar surface area (TPSA) is 89.2 Å². The highest BCUT2D eigenvalue weighted by Gasteiger charge is 2.47. The molecule has 160 valence electrons. The van der Waals surface area contributed by atoms with Crippen molar-refractivity contribution < 1.29 is 28.6 Å². The molecule has 1 aliphatic rings. The van der Waals surface area contributed by atoms with Gasteiger partial charge in [-0.05, 0) is 51.5 Å². The maximum absolute atomic E-state index is 12.9. The predicted octanol–water partition coefficient (Wildman–Crippen LogP) is 4.22. The lowest BCUT2D eigenvalue weighted by atomic mass is 9.98. The summed E-state index contributed by atoms with van der Waals surface area (Å²) in [6.07, 6.45) is 0.663. The van der Waals surface area contributed by atoms with Gasteiger partial charge in [-0.15, -0.1) is 0 Å². The number of ketones is 1. The number of furan rings is 1. The Kier molecular flexibility index (Phi) is 6.50. The number of Topliss-reactive ketones (excluding diaryl/α,β-unsaturated/α-hetero) is 1. The molecule has 30 heavy (non-hydrogen) atoms. The third kappa shape index (κ3) is 3.92. The Labute approximate surface area is 175 Å². The molecule has 1 N–H and O–H groups in total. The van der Waals surface area contributed by atoms with Crippen molar-refractivity contribution in [2.24, 2.45) is 0 Å². The first-order chi connectivity index (χ1) is 14.4. The summed E-state index contributed by atoms with van der Waals surface area (Å²) in [4.78, 5) is 27.1. The zero-order chi connectivity index (χ0) is 21.8. The second kappa shape index (κ2) is 9.07. The predicted molar refractivity (Wildman–Crippen MR) is 112 cm³/mol. The number of likely N-dealkylation sites (tertiary alicyclic amines) is 1. The van der Waals surface area contributed by atoms with Crippen LogP contribution < -0.4 is 9.47 Å². The Hall–Kier alpha value is -3.22. The number of carbonyl (C=O) groups is 2. The van der Waals surface area contributed by atoms with Gasteiger partial charge in [0, 0.05) is 12.6 Å². The van der Waals surface area contributed by atoms with E-state index in [1.807, 2.05) is 20.8 Å². The molecule has 1 atom stereocenters. The number of rotatable bonds is 8. The summed E-state index contributed by atoms with van der Waals surface area (Å²) in [7, 11) is 0. The Morgan fingerprint density at radius 2 is 1.83 bits per heavy atom. The average molecular weight is 413 g/mol. The van der Waals surface area contributed by atoms with E-state index in [-0.39, 0.29) is 11.3 Å². The van der Waals surface area contributed by atoms with Crippen LogP contribution in [0.5, 0.6) is 11.5 Å². The molecule has 1 aromatic heterocycles. The van der Waals surface area contributed by atoms with Crippen LogP contribution in [0.1, 0.15) is 50.3 Å². The molecular formula is C23H27NO6. The van der Waals surface area contributed by atoms with Gasteiger partial charge in [0.2, 0.25) is 0 Å². The first-order valence-electron chi connectivity index (χ1n) is 10.2. The lowest BCUT2D eigenvalue weighted by molar-refractivity contribution is -0.140. The normalized spacial score (nSPS) is 18.1. The van der Waals surface area contributed by atoms with Crippen molar-refractivity contribution in [2.45, 2.75) is 40.2 Å². The van der Waals surface area contributed by atoms with Gasteiger partial charge in [-0.1, -0.05) is 6.92 Å². The van der Waals surface area contributed by atoms with Crippen LogP contribution in [0.2, 0.25) is 0 Å². The molecule has 1 unspecified atom stereocenters. The molecule has 1 amide bonds. The largest absolute Gasteiger partial charge is 0.507 e. The van der Waals surface area contributed by atoms with E-state index in [4.69, 9.17) is 13.9 Å². The first kappa shape index (κ1) is 21.5. The van der Waals surface area contributed by atoms with Crippen LogP contribution in [0.4, 0.5) is 0 Å². The standard InChI is InChI=1S/C23H27NO6/c1-5-12-24-20(17-11-8-14(4)30-17)19(22(26)23(24)27)21(25)16-10-9-15(28-6-2)13-18(16)29-7-3/h8-11,13,20,25H,5-7,12H2,1-4H3/b21-19-. The molecule has 2 aromatic rings. The molecule has 0 aliphatic carbocycles. The molecule has 1 fully saturated rings. The van der Waals surface area contributed by atoms with Gasteiger partial charge in [-0.25, -0.2) is 0 Å². The smallest absolute Gasteiger partial charge is 0.295 e. The number of aliphatic hydroxyl groups excluding tert-OH is 1. The Morgan fingerprint density at radius 1 is 1.10 bits per heavy atom. The fraction of sp³-hybridized carbons (Fsp3) is 0.391. The minimum absolute atomic E-state index is 0.00656. The number of hydrogen-bond donors (Lipinski definition) is 1. The highest BCUT2D eigenvalue weighted by Crippen LogP contribution is 2.42. The van der Waals surface area contributed by atoms with E-state index in [0.717, 1.165) is 0 Å². The Morgan fingerprint density at radius 3 is 2.43 bits per heavy atom. The van der Waals surface area contributed by atoms with Gasteiger partial charge in [0.15, 0.2) is 0 Å². The monoisotopic (exact) mass is 413 g/mol. The Balaban J connectivity index is 2.18. The molecule has 0 saturated carbocycles. The van der Waals surface area contributed by atoms with Crippen LogP contribution in [0.25, 0.3) is 5.76 Å². The summed E-state index contributed by atoms with van der Waals surface area (Å²) in [6.45, 7) is 8.61. The van der Waals surface area contributed by atoms with Crippen molar-refractivity contribution in [3.05, 3.63) is 53.0 Å². The van der Waals surface area contributed by atoms with E-state index >= 15 is 0 Å². The maximum Gasteiger partial charge on any atom is 0.295 e. The molecule has 1 saturated heterocycles. The highest BCUT2D eigenvalue weighted by molar-refractivity contribution is 6.46. The molecule has 0 radical (unpaired) electrons. The first-order valence-corrected chi connectivity index (χ1v) is 10.2. The number of aliphatic hydroxyl groups is 1. The van der Waals surface area contributed by atoms with Crippen LogP contribution >= 0.6 is 0 Å². The molecule has 0 bridgehead atoms. The van der Waals surface area contributed by atoms with Crippen molar-refractivity contribution in [3.63, 3.8) is 0 Å². The zero-order valence-electron chi connectivity index (χ0n) is 17.7. The molecule has 2 heterocycles. The zero-order valence-corrected chi connectivity index (χ0v) is 17.7. The minimum Gasteiger partial charge on any atom is -0.507 e. The average Bonchev–Trinajstić information content (AvgIpc) is 3.25. The Bertz CT molecular complexity index is 974. The van der Waals surface area contributed by atoms with Crippen LogP contribution in [-0.4, -0.2) is 41.5 Å². The van der Waals surface area contributed by atoms with Gasteiger partial charge in [0.05, 0.1) is 24.4 Å². The van der Waals surface area contributed by atoms with Crippen LogP contribution in [0.15, 0.2) is 40.3 Å². The van der Waals surface area contributed by atoms with Gasteiger partial charge < -0.3 is 23.9 Å². The molecule has 1 aromatic carbocycles. The van der Waals surface area contributed by atoms with Gasteiger partial charge in [0.1, 0.15) is 34.8 Å². The summed E-state index contributed by atoms with van der Waals surface area (Å²) in [5, 5.41) is 11.2. The molecule has 0 spiro atoms. The van der Waals surface area contributed by atoms with E-state index in [0.29, 0.717) is 54.8 Å². The summed E-state index contributed by atoms with van der Waals surface area (Å²) < 4.78 is 16.9. The van der Waals surface area contributed by atoms with Crippen LogP contribution in [0, 0.1) is 6.92 Å². The van der Waals surface area contributed by atoms with Crippen molar-refractivity contribution >= 4 is 17.4 Å². The molecule has 7 nitrogen and oxygen atoms in total. The SMILES string of the molecule is CCCN1C(=O)C(=O)/C(=C(\O)c2ccc(OCC)cc2OCC)C1c1ccc(C)o1. The van der Waals surface area contributed by atoms with Crippen LogP contribution in [0.3, 0.4) is 0 Å². The summed E-state index contributed by atoms with van der Waals surface area (Å²) >= 11 is 0. The van der Waals surface area contributed by atoms with Crippen molar-refractivity contribution in [1.29, 1.82) is 0 Å². The second-order valence-corrected chi connectivity index (χ2v) is 6.96. The number of nitrogens with zero attached hydrogens (tertiary/aromatic N) is 1. The highest BCUT2D eigenvalue weighted by atomic mass is 16.5. The van der Waals surface area contributed by atoms with Crippen molar-refractivity contribution in [3.8, 4) is 11.5 Å². The summed E-state index contributed by atoms with van der Waals surface area (Å²) in [6, 6.07) is 7.68. The maximum atomic E-state index is 12.9. The third-order valence-corrected chi connectivity index (χ3v) is 4.85. The number of hydrogen-bond acceptors (Lipinski definition) is 6. The fourth-order valence-electron chi connectivity index (χ4n) is 3.62. The summed E-state index contributed by atoms with van der Waals surface area (Å²) in [5.74, 6) is 0.364. The van der Waals surface area contributed by atoms with E-state index in [9.17, 15) is 14.7 Å². The van der Waals surface area contributed by atoms with Crippen LogP contribution in [-0.2, 0) is 9.59 Å². The van der Waals surface area contributed by atoms with E-state index in [2.05, 4.69) is 0 Å². The van der Waals surface area contributed by atoms with Crippen molar-refractivity contribution in [2.75, 3.05) is 19.8 Å². The van der Waals surface area contributed by atoms with Crippen molar-refractivity contribution in [1.82, 2.24) is 4.90 Å². The molecule has 3 rings (SSSR count). The van der Waals surface area contributed by atoms with Gasteiger partial charge in [0.25, 0.3) is 11.7 Å². The van der Waals surface area contributed by atoms with Gasteiger partial charge in [-0.2, -0.15) is 0 Å². The van der Waals surface area contributed by atoms with Gasteiger partial charge in [-0.3, -0.25) is 9.59 Å². The number of benzene rings is 1.